The van der Waals surface area contributed by atoms with Gasteiger partial charge < -0.3 is 9.47 Å². The van der Waals surface area contributed by atoms with E-state index >= 15 is 0 Å². The summed E-state index contributed by atoms with van der Waals surface area (Å²) in [6.07, 6.45) is 0. The number of methoxy groups -OCH3 is 2. The van der Waals surface area contributed by atoms with E-state index in [9.17, 15) is 0 Å². The average molecular weight is 286 g/mol. The molecule has 0 spiro atoms. The van der Waals surface area contributed by atoms with E-state index in [0.29, 0.717) is 0 Å². The molecule has 0 amide bonds. The molecular formula is C17H22N2O2. The number of hydrazine groups is 1. The Morgan fingerprint density at radius 2 is 1.71 bits per heavy atom. The van der Waals surface area contributed by atoms with E-state index < -0.39 is 0 Å². The Morgan fingerprint density at radius 3 is 2.29 bits per heavy atom. The molecule has 0 bridgehead atoms. The highest BCUT2D eigenvalue weighted by molar-refractivity contribution is 5.47. The van der Waals surface area contributed by atoms with Crippen molar-refractivity contribution in [3.8, 4) is 11.5 Å². The Labute approximate surface area is 125 Å². The molecule has 3 N–H and O–H groups in total. The summed E-state index contributed by atoms with van der Waals surface area (Å²) in [5.41, 5.74) is 7.45. The van der Waals surface area contributed by atoms with Crippen LogP contribution in [0.25, 0.3) is 0 Å². The summed E-state index contributed by atoms with van der Waals surface area (Å²) < 4.78 is 10.7. The molecule has 0 fully saturated rings. The maximum absolute atomic E-state index is 5.78. The minimum atomic E-state index is -0.134. The summed E-state index contributed by atoms with van der Waals surface area (Å²) in [7, 11) is 3.28. The standard InChI is InChI=1S/C17H22N2O2/c1-11-5-6-13(9-12(11)2)17(19-18)15-8-7-14(20-3)10-16(15)21-4/h5-10,17,19H,18H2,1-4H3. The maximum Gasteiger partial charge on any atom is 0.127 e. The predicted molar refractivity (Wildman–Crippen MR) is 84.6 cm³/mol. The van der Waals surface area contributed by atoms with Crippen LogP contribution in [0.3, 0.4) is 0 Å². The molecule has 0 radical (unpaired) electrons. The van der Waals surface area contributed by atoms with E-state index in [-0.39, 0.29) is 6.04 Å². The molecule has 0 saturated carbocycles. The Bertz CT molecular complexity index is 626. The molecule has 0 saturated heterocycles. The van der Waals surface area contributed by atoms with Gasteiger partial charge in [-0.25, -0.2) is 5.43 Å². The molecule has 0 aromatic heterocycles. The van der Waals surface area contributed by atoms with Gasteiger partial charge in [0.2, 0.25) is 0 Å². The van der Waals surface area contributed by atoms with E-state index in [4.69, 9.17) is 15.3 Å². The molecule has 0 aliphatic carbocycles. The highest BCUT2D eigenvalue weighted by Crippen LogP contribution is 2.33. The van der Waals surface area contributed by atoms with E-state index in [2.05, 4.69) is 37.5 Å². The van der Waals surface area contributed by atoms with Gasteiger partial charge in [0.05, 0.1) is 20.3 Å². The van der Waals surface area contributed by atoms with Crippen molar-refractivity contribution >= 4 is 0 Å². The van der Waals surface area contributed by atoms with Gasteiger partial charge in [-0.2, -0.15) is 0 Å². The Hall–Kier alpha value is -2.04. The first-order chi connectivity index (χ1) is 10.1. The number of aryl methyl sites for hydroxylation is 2. The lowest BCUT2D eigenvalue weighted by Crippen LogP contribution is -2.29. The zero-order chi connectivity index (χ0) is 15.4. The molecule has 0 heterocycles. The Balaban J connectivity index is 2.47. The molecule has 4 nitrogen and oxygen atoms in total. The monoisotopic (exact) mass is 286 g/mol. The van der Waals surface area contributed by atoms with Crippen molar-refractivity contribution in [1.29, 1.82) is 0 Å². The summed E-state index contributed by atoms with van der Waals surface area (Å²) in [6, 6.07) is 11.9. The van der Waals surface area contributed by atoms with Crippen LogP contribution < -0.4 is 20.7 Å². The number of nitrogens with two attached hydrogens (primary N) is 1. The second-order valence-corrected chi connectivity index (χ2v) is 5.05. The lowest BCUT2D eigenvalue weighted by Gasteiger charge is -2.21. The largest absolute Gasteiger partial charge is 0.497 e. The first-order valence-electron chi connectivity index (χ1n) is 6.86. The van der Waals surface area contributed by atoms with Gasteiger partial charge in [0.1, 0.15) is 11.5 Å². The third-order valence-electron chi connectivity index (χ3n) is 3.78. The second kappa shape index (κ2) is 6.61. The van der Waals surface area contributed by atoms with Crippen molar-refractivity contribution in [2.24, 2.45) is 5.84 Å². The number of nitrogens with one attached hydrogen (secondary N) is 1. The van der Waals surface area contributed by atoms with E-state index in [1.807, 2.05) is 18.2 Å². The number of ether oxygens (including phenoxy) is 2. The summed E-state index contributed by atoms with van der Waals surface area (Å²) in [4.78, 5) is 0. The van der Waals surface area contributed by atoms with Crippen molar-refractivity contribution in [3.05, 3.63) is 58.7 Å². The number of hydrogen-bond acceptors (Lipinski definition) is 4. The van der Waals surface area contributed by atoms with E-state index in [1.165, 1.54) is 11.1 Å². The van der Waals surface area contributed by atoms with Crippen molar-refractivity contribution in [3.63, 3.8) is 0 Å². The van der Waals surface area contributed by atoms with Crippen LogP contribution in [-0.2, 0) is 0 Å². The molecule has 2 aromatic carbocycles. The first-order valence-corrected chi connectivity index (χ1v) is 6.86. The SMILES string of the molecule is COc1ccc(C(NN)c2ccc(C)c(C)c2)c(OC)c1. The van der Waals surface area contributed by atoms with Crippen LogP contribution in [0.1, 0.15) is 28.3 Å². The Morgan fingerprint density at radius 1 is 0.952 bits per heavy atom. The van der Waals surface area contributed by atoms with Crippen LogP contribution in [0.15, 0.2) is 36.4 Å². The van der Waals surface area contributed by atoms with Crippen LogP contribution in [0.4, 0.5) is 0 Å². The van der Waals surface area contributed by atoms with Gasteiger partial charge >= 0.3 is 0 Å². The van der Waals surface area contributed by atoms with Crippen LogP contribution in [0, 0.1) is 13.8 Å². The third kappa shape index (κ3) is 3.17. The quantitative estimate of drug-likeness (QED) is 0.655. The summed E-state index contributed by atoms with van der Waals surface area (Å²) >= 11 is 0. The van der Waals surface area contributed by atoms with Gasteiger partial charge in [-0.05, 0) is 42.7 Å². The van der Waals surface area contributed by atoms with E-state index in [1.54, 1.807) is 14.2 Å². The minimum absolute atomic E-state index is 0.134. The second-order valence-electron chi connectivity index (χ2n) is 5.05. The molecule has 112 valence electrons. The van der Waals surface area contributed by atoms with Crippen molar-refractivity contribution in [1.82, 2.24) is 5.43 Å². The number of hydrogen-bond donors (Lipinski definition) is 2. The summed E-state index contributed by atoms with van der Waals surface area (Å²) in [5.74, 6) is 7.28. The molecular weight excluding hydrogens is 264 g/mol. The van der Waals surface area contributed by atoms with Crippen molar-refractivity contribution in [2.45, 2.75) is 19.9 Å². The average Bonchev–Trinajstić information content (AvgIpc) is 2.51. The van der Waals surface area contributed by atoms with Gasteiger partial charge in [0.25, 0.3) is 0 Å². The minimum Gasteiger partial charge on any atom is -0.497 e. The fourth-order valence-corrected chi connectivity index (χ4v) is 2.37. The lowest BCUT2D eigenvalue weighted by molar-refractivity contribution is 0.387. The van der Waals surface area contributed by atoms with Crippen LogP contribution in [0.5, 0.6) is 11.5 Å². The molecule has 0 aliphatic heterocycles. The fourth-order valence-electron chi connectivity index (χ4n) is 2.37. The smallest absolute Gasteiger partial charge is 0.127 e. The van der Waals surface area contributed by atoms with Gasteiger partial charge in [0.15, 0.2) is 0 Å². The lowest BCUT2D eigenvalue weighted by atomic mass is 9.95. The van der Waals surface area contributed by atoms with Crippen LogP contribution in [0.2, 0.25) is 0 Å². The molecule has 1 atom stereocenters. The summed E-state index contributed by atoms with van der Waals surface area (Å²) in [5, 5.41) is 0. The molecule has 2 rings (SSSR count). The highest BCUT2D eigenvalue weighted by atomic mass is 16.5. The zero-order valence-electron chi connectivity index (χ0n) is 12.9. The topological polar surface area (TPSA) is 56.5 Å². The van der Waals surface area contributed by atoms with Gasteiger partial charge in [-0.15, -0.1) is 0 Å². The van der Waals surface area contributed by atoms with Crippen molar-refractivity contribution < 1.29 is 9.47 Å². The number of benzene rings is 2. The van der Waals surface area contributed by atoms with Crippen LogP contribution in [-0.4, -0.2) is 14.2 Å². The molecule has 1 unspecified atom stereocenters. The predicted octanol–water partition coefficient (Wildman–Crippen LogP) is 2.87. The highest BCUT2D eigenvalue weighted by Gasteiger charge is 2.18. The molecule has 2 aromatic rings. The van der Waals surface area contributed by atoms with Gasteiger partial charge in [-0.3, -0.25) is 5.84 Å². The molecule has 0 aliphatic rings. The fraction of sp³-hybridized carbons (Fsp3) is 0.294. The normalized spacial score (nSPS) is 12.0. The molecule has 21 heavy (non-hydrogen) atoms. The number of rotatable bonds is 5. The van der Waals surface area contributed by atoms with Crippen LogP contribution >= 0.6 is 0 Å². The van der Waals surface area contributed by atoms with Gasteiger partial charge in [-0.1, -0.05) is 18.2 Å². The van der Waals surface area contributed by atoms with E-state index in [0.717, 1.165) is 22.6 Å². The molecule has 4 heteroatoms. The van der Waals surface area contributed by atoms with Gasteiger partial charge in [0, 0.05) is 11.6 Å². The third-order valence-corrected chi connectivity index (χ3v) is 3.78. The zero-order valence-corrected chi connectivity index (χ0v) is 12.9. The summed E-state index contributed by atoms with van der Waals surface area (Å²) in [6.45, 7) is 4.19. The maximum atomic E-state index is 5.78. The first kappa shape index (κ1) is 15.4. The Kier molecular flexibility index (Phi) is 4.83. The van der Waals surface area contributed by atoms with Crippen molar-refractivity contribution in [2.75, 3.05) is 14.2 Å².